The Labute approximate surface area is 106 Å². The maximum absolute atomic E-state index is 5.25. The van der Waals surface area contributed by atoms with E-state index in [1.165, 1.54) is 0 Å². The zero-order chi connectivity index (χ0) is 11.8. The number of pyridine rings is 1. The summed E-state index contributed by atoms with van der Waals surface area (Å²) in [6, 6.07) is 4.03. The molecule has 1 aromatic heterocycles. The first-order chi connectivity index (χ1) is 7.81. The van der Waals surface area contributed by atoms with Crippen molar-refractivity contribution >= 4 is 15.9 Å². The summed E-state index contributed by atoms with van der Waals surface area (Å²) in [5.74, 6) is 0.736. The predicted octanol–water partition coefficient (Wildman–Crippen LogP) is 2.70. The van der Waals surface area contributed by atoms with Crippen LogP contribution >= 0.6 is 15.9 Å². The summed E-state index contributed by atoms with van der Waals surface area (Å²) in [7, 11) is 1.67. The maximum Gasteiger partial charge on any atom is 0.217 e. The number of hydrogen-bond donors (Lipinski definition) is 0. The molecule has 16 heavy (non-hydrogen) atoms. The van der Waals surface area contributed by atoms with E-state index in [2.05, 4.69) is 38.8 Å². The normalized spacial score (nSPS) is 10.8. The van der Waals surface area contributed by atoms with Gasteiger partial charge in [-0.05, 0) is 25.6 Å². The maximum atomic E-state index is 5.25. The lowest BCUT2D eigenvalue weighted by Crippen LogP contribution is -2.24. The molecule has 0 radical (unpaired) electrons. The molecule has 1 rings (SSSR count). The largest absolute Gasteiger partial charge is 0.481 e. The second-order valence-electron chi connectivity index (χ2n) is 3.58. The minimum atomic E-state index is 0.736. The molecular formula is C12H19BrN2O. The smallest absolute Gasteiger partial charge is 0.217 e. The van der Waals surface area contributed by atoms with Crippen LogP contribution in [0.5, 0.6) is 5.88 Å². The third-order valence-electron chi connectivity index (χ3n) is 2.49. The molecule has 0 bridgehead atoms. The molecule has 0 spiro atoms. The van der Waals surface area contributed by atoms with Gasteiger partial charge < -0.3 is 4.74 Å². The first-order valence-corrected chi connectivity index (χ1v) is 6.70. The van der Waals surface area contributed by atoms with E-state index in [1.807, 2.05) is 6.07 Å². The summed E-state index contributed by atoms with van der Waals surface area (Å²) in [5, 5.41) is 1.05. The highest BCUT2D eigenvalue weighted by atomic mass is 79.9. The number of methoxy groups -OCH3 is 1. The molecule has 0 aliphatic carbocycles. The highest BCUT2D eigenvalue weighted by Gasteiger charge is 2.08. The van der Waals surface area contributed by atoms with Gasteiger partial charge in [-0.3, -0.25) is 4.90 Å². The fraction of sp³-hybridized carbons (Fsp3) is 0.583. The number of ether oxygens (including phenoxy) is 1. The summed E-state index contributed by atoms with van der Waals surface area (Å²) >= 11 is 3.46. The van der Waals surface area contributed by atoms with E-state index in [4.69, 9.17) is 4.74 Å². The van der Waals surface area contributed by atoms with Crippen LogP contribution in [-0.2, 0) is 6.54 Å². The topological polar surface area (TPSA) is 25.4 Å². The quantitative estimate of drug-likeness (QED) is 0.721. The lowest BCUT2D eigenvalue weighted by atomic mass is 10.2. The standard InChI is InChI=1S/C12H19BrN2O/c1-3-15(9-5-7-13)10-11-6-4-8-14-12(11)16-2/h4,6,8H,3,5,7,9-10H2,1-2H3. The van der Waals surface area contributed by atoms with Crippen LogP contribution in [0.2, 0.25) is 0 Å². The molecule has 3 nitrogen and oxygen atoms in total. The molecule has 0 unspecified atom stereocenters. The van der Waals surface area contributed by atoms with Crippen molar-refractivity contribution in [1.82, 2.24) is 9.88 Å². The van der Waals surface area contributed by atoms with E-state index in [0.29, 0.717) is 0 Å². The third kappa shape index (κ3) is 4.10. The molecule has 0 amide bonds. The van der Waals surface area contributed by atoms with E-state index in [-0.39, 0.29) is 0 Å². The van der Waals surface area contributed by atoms with Crippen molar-refractivity contribution in [2.24, 2.45) is 0 Å². The van der Waals surface area contributed by atoms with Crippen LogP contribution in [0.25, 0.3) is 0 Å². The van der Waals surface area contributed by atoms with Crippen molar-refractivity contribution in [2.75, 3.05) is 25.5 Å². The summed E-state index contributed by atoms with van der Waals surface area (Å²) in [6.45, 7) is 5.22. The van der Waals surface area contributed by atoms with Gasteiger partial charge in [0.1, 0.15) is 0 Å². The Hall–Kier alpha value is -0.610. The van der Waals surface area contributed by atoms with E-state index in [1.54, 1.807) is 13.3 Å². The van der Waals surface area contributed by atoms with E-state index in [0.717, 1.165) is 42.8 Å². The van der Waals surface area contributed by atoms with E-state index < -0.39 is 0 Å². The molecule has 0 aliphatic heterocycles. The second kappa shape index (κ2) is 7.63. The van der Waals surface area contributed by atoms with E-state index in [9.17, 15) is 0 Å². The van der Waals surface area contributed by atoms with Gasteiger partial charge >= 0.3 is 0 Å². The van der Waals surface area contributed by atoms with Gasteiger partial charge in [-0.25, -0.2) is 4.98 Å². The van der Waals surface area contributed by atoms with Crippen LogP contribution in [0.15, 0.2) is 18.3 Å². The Morgan fingerprint density at radius 3 is 2.94 bits per heavy atom. The minimum absolute atomic E-state index is 0.736. The van der Waals surface area contributed by atoms with E-state index >= 15 is 0 Å². The molecule has 0 atom stereocenters. The number of alkyl halides is 1. The van der Waals surface area contributed by atoms with Gasteiger partial charge in [0.25, 0.3) is 0 Å². The Kier molecular flexibility index (Phi) is 6.42. The van der Waals surface area contributed by atoms with Crippen molar-refractivity contribution in [3.05, 3.63) is 23.9 Å². The highest BCUT2D eigenvalue weighted by Crippen LogP contribution is 2.16. The average molecular weight is 287 g/mol. The van der Waals surface area contributed by atoms with Crippen molar-refractivity contribution in [2.45, 2.75) is 19.9 Å². The van der Waals surface area contributed by atoms with Crippen LogP contribution in [0, 0.1) is 0 Å². The van der Waals surface area contributed by atoms with Gasteiger partial charge in [0.15, 0.2) is 0 Å². The van der Waals surface area contributed by atoms with Crippen LogP contribution < -0.4 is 4.74 Å². The first-order valence-electron chi connectivity index (χ1n) is 5.58. The van der Waals surface area contributed by atoms with Crippen LogP contribution in [-0.4, -0.2) is 35.4 Å². The molecule has 90 valence electrons. The molecule has 1 aromatic rings. The monoisotopic (exact) mass is 286 g/mol. The molecule has 0 saturated carbocycles. The van der Waals surface area contributed by atoms with Crippen molar-refractivity contribution < 1.29 is 4.74 Å². The van der Waals surface area contributed by atoms with Crippen molar-refractivity contribution in [1.29, 1.82) is 0 Å². The van der Waals surface area contributed by atoms with Gasteiger partial charge in [-0.1, -0.05) is 28.9 Å². The lowest BCUT2D eigenvalue weighted by molar-refractivity contribution is 0.274. The number of nitrogens with zero attached hydrogens (tertiary/aromatic N) is 2. The highest BCUT2D eigenvalue weighted by molar-refractivity contribution is 9.09. The molecule has 0 aliphatic rings. The molecule has 4 heteroatoms. The minimum Gasteiger partial charge on any atom is -0.481 e. The molecular weight excluding hydrogens is 268 g/mol. The van der Waals surface area contributed by atoms with Crippen LogP contribution in [0.1, 0.15) is 18.9 Å². The molecule has 0 aromatic carbocycles. The first kappa shape index (κ1) is 13.5. The van der Waals surface area contributed by atoms with Gasteiger partial charge in [0.2, 0.25) is 5.88 Å². The molecule has 0 N–H and O–H groups in total. The fourth-order valence-corrected chi connectivity index (χ4v) is 1.85. The number of aromatic nitrogens is 1. The second-order valence-corrected chi connectivity index (χ2v) is 4.38. The van der Waals surface area contributed by atoms with Crippen LogP contribution in [0.4, 0.5) is 0 Å². The predicted molar refractivity (Wildman–Crippen MR) is 70.2 cm³/mol. The Balaban J connectivity index is 2.62. The molecule has 1 heterocycles. The summed E-state index contributed by atoms with van der Waals surface area (Å²) in [6.07, 6.45) is 2.92. The van der Waals surface area contributed by atoms with Crippen molar-refractivity contribution in [3.63, 3.8) is 0 Å². The average Bonchev–Trinajstić information content (AvgIpc) is 2.34. The number of rotatable bonds is 7. The number of hydrogen-bond acceptors (Lipinski definition) is 3. The van der Waals surface area contributed by atoms with Gasteiger partial charge in [0.05, 0.1) is 7.11 Å². The van der Waals surface area contributed by atoms with Gasteiger partial charge in [0, 0.05) is 23.6 Å². The molecule has 0 saturated heterocycles. The third-order valence-corrected chi connectivity index (χ3v) is 3.05. The van der Waals surface area contributed by atoms with Gasteiger partial charge in [-0.2, -0.15) is 0 Å². The molecule has 0 fully saturated rings. The lowest BCUT2D eigenvalue weighted by Gasteiger charge is -2.20. The van der Waals surface area contributed by atoms with Gasteiger partial charge in [-0.15, -0.1) is 0 Å². The van der Waals surface area contributed by atoms with Crippen molar-refractivity contribution in [3.8, 4) is 5.88 Å². The Morgan fingerprint density at radius 1 is 1.50 bits per heavy atom. The fourth-order valence-electron chi connectivity index (χ4n) is 1.60. The SMILES string of the molecule is CCN(CCCBr)Cc1cccnc1OC. The number of halogens is 1. The summed E-state index contributed by atoms with van der Waals surface area (Å²) in [4.78, 5) is 6.60. The van der Waals surface area contributed by atoms with Crippen LogP contribution in [0.3, 0.4) is 0 Å². The Bertz CT molecular complexity index is 307. The summed E-state index contributed by atoms with van der Waals surface area (Å²) < 4.78 is 5.25. The Morgan fingerprint density at radius 2 is 2.31 bits per heavy atom. The summed E-state index contributed by atoms with van der Waals surface area (Å²) in [5.41, 5.74) is 1.15. The zero-order valence-corrected chi connectivity index (χ0v) is 11.5. The zero-order valence-electron chi connectivity index (χ0n) is 9.95.